The Morgan fingerprint density at radius 2 is 2.33 bits per heavy atom. The van der Waals surface area contributed by atoms with Gasteiger partial charge in [-0.05, 0) is 18.8 Å². The van der Waals surface area contributed by atoms with Crippen LogP contribution in [0, 0.1) is 5.92 Å². The first-order valence-electron chi connectivity index (χ1n) is 4.65. The molecule has 1 saturated carbocycles. The molecule has 12 heavy (non-hydrogen) atoms. The quantitative estimate of drug-likeness (QED) is 0.645. The lowest BCUT2D eigenvalue weighted by Crippen LogP contribution is -2.29. The van der Waals surface area contributed by atoms with Crippen molar-refractivity contribution in [1.29, 1.82) is 0 Å². The zero-order valence-corrected chi connectivity index (χ0v) is 8.40. The Balaban J connectivity index is 2.05. The molecule has 0 bridgehead atoms. The maximum absolute atomic E-state index is 5.54. The molecule has 0 heterocycles. The fourth-order valence-electron chi connectivity index (χ4n) is 1.18. The molecule has 0 amide bonds. The fraction of sp³-hybridized carbons (Fsp3) is 0.889. The number of nitrogens with two attached hydrogens (primary N) is 1. The number of ether oxygens (including phenoxy) is 1. The summed E-state index contributed by atoms with van der Waals surface area (Å²) in [6.07, 6.45) is 4.83. The van der Waals surface area contributed by atoms with Crippen molar-refractivity contribution in [2.24, 2.45) is 11.7 Å². The lowest BCUT2D eigenvalue weighted by molar-refractivity contribution is 0.0912. The van der Waals surface area contributed by atoms with Gasteiger partial charge >= 0.3 is 0 Å². The van der Waals surface area contributed by atoms with Crippen LogP contribution in [-0.4, -0.2) is 17.7 Å². The summed E-state index contributed by atoms with van der Waals surface area (Å²) in [5.41, 5.74) is 5.49. The average Bonchev–Trinajstić information content (AvgIpc) is 2.80. The molecule has 0 saturated heterocycles. The van der Waals surface area contributed by atoms with E-state index in [4.69, 9.17) is 22.7 Å². The minimum atomic E-state index is -0.00116. The maximum atomic E-state index is 5.54. The highest BCUT2D eigenvalue weighted by atomic mass is 32.1. The molecule has 1 atom stereocenters. The minimum Gasteiger partial charge on any atom is -0.391 e. The third kappa shape index (κ3) is 3.50. The van der Waals surface area contributed by atoms with Gasteiger partial charge in [-0.2, -0.15) is 0 Å². The van der Waals surface area contributed by atoms with Crippen molar-refractivity contribution in [2.75, 3.05) is 6.61 Å². The molecule has 2 nitrogen and oxygen atoms in total. The van der Waals surface area contributed by atoms with Crippen LogP contribution in [0.25, 0.3) is 0 Å². The fourth-order valence-corrected chi connectivity index (χ4v) is 1.42. The Morgan fingerprint density at radius 1 is 1.67 bits per heavy atom. The van der Waals surface area contributed by atoms with E-state index < -0.39 is 0 Å². The lowest BCUT2D eigenvalue weighted by Gasteiger charge is -2.13. The van der Waals surface area contributed by atoms with Crippen molar-refractivity contribution < 1.29 is 4.74 Å². The van der Waals surface area contributed by atoms with Crippen molar-refractivity contribution in [3.8, 4) is 0 Å². The van der Waals surface area contributed by atoms with Crippen LogP contribution in [0.1, 0.15) is 32.6 Å². The Morgan fingerprint density at radius 3 is 2.75 bits per heavy atom. The molecule has 1 rings (SSSR count). The number of hydrogen-bond donors (Lipinski definition) is 1. The summed E-state index contributed by atoms with van der Waals surface area (Å²) in [4.78, 5) is 0.494. The summed E-state index contributed by atoms with van der Waals surface area (Å²) >= 11 is 4.86. The molecule has 0 aliphatic heterocycles. The van der Waals surface area contributed by atoms with Crippen LogP contribution in [0.3, 0.4) is 0 Å². The molecule has 1 aliphatic rings. The summed E-state index contributed by atoms with van der Waals surface area (Å²) < 4.78 is 5.54. The molecule has 0 aromatic rings. The van der Waals surface area contributed by atoms with Gasteiger partial charge in [-0.1, -0.05) is 32.0 Å². The van der Waals surface area contributed by atoms with Crippen LogP contribution < -0.4 is 5.73 Å². The van der Waals surface area contributed by atoms with Crippen LogP contribution in [0.2, 0.25) is 0 Å². The topological polar surface area (TPSA) is 35.2 Å². The smallest absolute Gasteiger partial charge is 0.107 e. The highest BCUT2D eigenvalue weighted by Crippen LogP contribution is 2.32. The average molecular weight is 187 g/mol. The first-order valence-corrected chi connectivity index (χ1v) is 5.05. The van der Waals surface area contributed by atoms with Gasteiger partial charge in [-0.3, -0.25) is 0 Å². The van der Waals surface area contributed by atoms with Crippen LogP contribution >= 0.6 is 12.2 Å². The van der Waals surface area contributed by atoms with Gasteiger partial charge in [0.2, 0.25) is 0 Å². The van der Waals surface area contributed by atoms with E-state index in [-0.39, 0.29) is 6.10 Å². The Labute approximate surface area is 79.5 Å². The zero-order valence-electron chi connectivity index (χ0n) is 7.58. The van der Waals surface area contributed by atoms with E-state index in [1.165, 1.54) is 19.3 Å². The van der Waals surface area contributed by atoms with E-state index in [0.717, 1.165) is 18.9 Å². The monoisotopic (exact) mass is 187 g/mol. The summed E-state index contributed by atoms with van der Waals surface area (Å²) in [6, 6.07) is 0. The van der Waals surface area contributed by atoms with E-state index >= 15 is 0 Å². The summed E-state index contributed by atoms with van der Waals surface area (Å²) in [6.45, 7) is 2.86. The number of hydrogen-bond acceptors (Lipinski definition) is 2. The van der Waals surface area contributed by atoms with Crippen molar-refractivity contribution in [2.45, 2.75) is 38.7 Å². The summed E-state index contributed by atoms with van der Waals surface area (Å²) in [7, 11) is 0. The lowest BCUT2D eigenvalue weighted by atomic mass is 10.2. The van der Waals surface area contributed by atoms with Gasteiger partial charge in [0.15, 0.2) is 0 Å². The zero-order chi connectivity index (χ0) is 8.97. The SMILES string of the molecule is CCC(OCCC1CC1)C(N)=S. The van der Waals surface area contributed by atoms with Gasteiger partial charge in [0.25, 0.3) is 0 Å². The van der Waals surface area contributed by atoms with Gasteiger partial charge in [0.1, 0.15) is 11.1 Å². The molecule has 2 N–H and O–H groups in total. The Bertz CT molecular complexity index is 157. The number of rotatable bonds is 6. The van der Waals surface area contributed by atoms with Crippen LogP contribution in [0.4, 0.5) is 0 Å². The molecule has 0 radical (unpaired) electrons. The second kappa shape index (κ2) is 4.77. The van der Waals surface area contributed by atoms with Gasteiger partial charge in [0.05, 0.1) is 0 Å². The molecule has 3 heteroatoms. The molecule has 70 valence electrons. The second-order valence-corrected chi connectivity index (χ2v) is 3.87. The minimum absolute atomic E-state index is 0.00116. The molecule has 1 unspecified atom stereocenters. The summed E-state index contributed by atoms with van der Waals surface area (Å²) in [5, 5.41) is 0. The van der Waals surface area contributed by atoms with E-state index in [1.54, 1.807) is 0 Å². The predicted octanol–water partition coefficient (Wildman–Crippen LogP) is 1.87. The standard InChI is InChI=1S/C9H17NOS/c1-2-8(9(10)12)11-6-5-7-3-4-7/h7-8H,2-6H2,1H3,(H2,10,12). The maximum Gasteiger partial charge on any atom is 0.107 e. The molecule has 1 fully saturated rings. The molecule has 0 aromatic heterocycles. The van der Waals surface area contributed by atoms with E-state index in [2.05, 4.69) is 0 Å². The molecular weight excluding hydrogens is 170 g/mol. The molecular formula is C9H17NOS. The molecule has 0 aromatic carbocycles. The predicted molar refractivity (Wildman–Crippen MR) is 54.2 cm³/mol. The van der Waals surface area contributed by atoms with Crippen molar-refractivity contribution in [3.05, 3.63) is 0 Å². The van der Waals surface area contributed by atoms with Crippen molar-refractivity contribution >= 4 is 17.2 Å². The van der Waals surface area contributed by atoms with Crippen molar-refractivity contribution in [3.63, 3.8) is 0 Å². The number of thiocarbonyl (C=S) groups is 1. The van der Waals surface area contributed by atoms with Crippen LogP contribution in [-0.2, 0) is 4.74 Å². The summed E-state index contributed by atoms with van der Waals surface area (Å²) in [5.74, 6) is 0.925. The van der Waals surface area contributed by atoms with E-state index in [9.17, 15) is 0 Å². The third-order valence-electron chi connectivity index (χ3n) is 2.23. The van der Waals surface area contributed by atoms with Gasteiger partial charge in [-0.25, -0.2) is 0 Å². The van der Waals surface area contributed by atoms with E-state index in [1.807, 2.05) is 6.92 Å². The van der Waals surface area contributed by atoms with Gasteiger partial charge in [-0.15, -0.1) is 0 Å². The first kappa shape index (κ1) is 9.93. The van der Waals surface area contributed by atoms with Crippen LogP contribution in [0.5, 0.6) is 0 Å². The van der Waals surface area contributed by atoms with E-state index in [0.29, 0.717) is 4.99 Å². The normalized spacial score (nSPS) is 19.1. The second-order valence-electron chi connectivity index (χ2n) is 3.40. The Kier molecular flexibility index (Phi) is 3.95. The molecule has 0 spiro atoms. The largest absolute Gasteiger partial charge is 0.391 e. The van der Waals surface area contributed by atoms with Crippen molar-refractivity contribution in [1.82, 2.24) is 0 Å². The third-order valence-corrected chi connectivity index (χ3v) is 2.49. The van der Waals surface area contributed by atoms with Crippen LogP contribution in [0.15, 0.2) is 0 Å². The highest BCUT2D eigenvalue weighted by Gasteiger charge is 2.21. The highest BCUT2D eigenvalue weighted by molar-refractivity contribution is 7.80. The van der Waals surface area contributed by atoms with Gasteiger partial charge in [0, 0.05) is 6.61 Å². The molecule has 1 aliphatic carbocycles. The Hall–Kier alpha value is -0.150. The van der Waals surface area contributed by atoms with Gasteiger partial charge < -0.3 is 10.5 Å². The first-order chi connectivity index (χ1) is 5.74.